The summed E-state index contributed by atoms with van der Waals surface area (Å²) < 4.78 is 38.8. The number of hydrazine groups is 2. The maximum absolute atomic E-state index is 12.9. The number of carbonyl (C=O) groups excluding carboxylic acids is 1. The van der Waals surface area contributed by atoms with Gasteiger partial charge in [0.1, 0.15) is 0 Å². The molecule has 1 aliphatic heterocycles. The summed E-state index contributed by atoms with van der Waals surface area (Å²) in [5, 5.41) is 12.6. The molecule has 1 aliphatic rings. The van der Waals surface area contributed by atoms with Crippen LogP contribution in [0.5, 0.6) is 0 Å². The third-order valence-corrected chi connectivity index (χ3v) is 4.49. The first-order valence-electron chi connectivity index (χ1n) is 9.83. The van der Waals surface area contributed by atoms with E-state index in [4.69, 9.17) is 0 Å². The number of rotatable bonds is 8. The van der Waals surface area contributed by atoms with E-state index in [9.17, 15) is 18.0 Å². The predicted octanol–water partition coefficient (Wildman–Crippen LogP) is 2.89. The molecular weight excluding hydrogens is 411 g/mol. The molecule has 3 N–H and O–H groups in total. The number of unbranched alkanes of at least 4 members (excludes halogenated alkanes) is 1. The van der Waals surface area contributed by atoms with Gasteiger partial charge in [0.15, 0.2) is 5.82 Å². The molecule has 3 rings (SSSR count). The minimum Gasteiger partial charge on any atom is -0.309 e. The number of halogens is 3. The van der Waals surface area contributed by atoms with Crippen LogP contribution in [0.2, 0.25) is 0 Å². The van der Waals surface area contributed by atoms with Crippen LogP contribution >= 0.6 is 0 Å². The molecule has 0 spiro atoms. The number of aryl methyl sites for hydroxylation is 2. The molecule has 31 heavy (non-hydrogen) atoms. The summed E-state index contributed by atoms with van der Waals surface area (Å²) >= 11 is 0. The minimum absolute atomic E-state index is 0.0436. The van der Waals surface area contributed by atoms with Crippen LogP contribution in [0, 0.1) is 6.92 Å². The van der Waals surface area contributed by atoms with Crippen LogP contribution in [0.25, 0.3) is 0 Å². The van der Waals surface area contributed by atoms with Gasteiger partial charge in [0.25, 0.3) is 0 Å². The summed E-state index contributed by atoms with van der Waals surface area (Å²) in [6, 6.07) is 5.23. The second-order valence-electron chi connectivity index (χ2n) is 7.32. The van der Waals surface area contributed by atoms with E-state index < -0.39 is 17.6 Å². The molecule has 0 fully saturated rings. The van der Waals surface area contributed by atoms with Gasteiger partial charge in [-0.2, -0.15) is 18.3 Å². The third-order valence-electron chi connectivity index (χ3n) is 4.49. The topological polar surface area (TPSA) is 95.1 Å². The number of allylic oxidation sites excluding steroid dienone is 1. The van der Waals surface area contributed by atoms with E-state index >= 15 is 0 Å². The van der Waals surface area contributed by atoms with Gasteiger partial charge < -0.3 is 10.7 Å². The van der Waals surface area contributed by atoms with Crippen molar-refractivity contribution in [1.29, 1.82) is 0 Å². The SMILES string of the molecule is CC1=CN(CCCCc2ccc(NC(=O)Cc3cc(C(F)(F)F)cc(C)n3)nn2)NN1. The first kappa shape index (κ1) is 22.5. The molecule has 3 heterocycles. The Morgan fingerprint density at radius 3 is 2.58 bits per heavy atom. The number of carbonyl (C=O) groups is 1. The molecule has 0 saturated carbocycles. The number of amides is 1. The van der Waals surface area contributed by atoms with Gasteiger partial charge in [-0.3, -0.25) is 14.8 Å². The van der Waals surface area contributed by atoms with Crippen LogP contribution in [0.4, 0.5) is 19.0 Å². The zero-order valence-corrected chi connectivity index (χ0v) is 17.3. The maximum Gasteiger partial charge on any atom is 0.416 e. The van der Waals surface area contributed by atoms with E-state index in [1.807, 2.05) is 18.1 Å². The fraction of sp³-hybridized carbons (Fsp3) is 0.400. The molecule has 8 nitrogen and oxygen atoms in total. The highest BCUT2D eigenvalue weighted by Gasteiger charge is 2.31. The van der Waals surface area contributed by atoms with E-state index in [1.165, 1.54) is 6.92 Å². The Morgan fingerprint density at radius 2 is 1.94 bits per heavy atom. The van der Waals surface area contributed by atoms with Crippen LogP contribution < -0.4 is 16.3 Å². The smallest absolute Gasteiger partial charge is 0.309 e. The number of anilines is 1. The average Bonchev–Trinajstić information content (AvgIpc) is 3.10. The Kier molecular flexibility index (Phi) is 7.06. The molecule has 0 unspecified atom stereocenters. The Hall–Kier alpha value is -3.21. The number of hydrogen-bond donors (Lipinski definition) is 3. The van der Waals surface area contributed by atoms with Crippen molar-refractivity contribution in [2.75, 3.05) is 11.9 Å². The van der Waals surface area contributed by atoms with Crippen molar-refractivity contribution in [3.63, 3.8) is 0 Å². The third kappa shape index (κ3) is 6.92. The van der Waals surface area contributed by atoms with E-state index in [1.54, 1.807) is 12.1 Å². The molecule has 2 aromatic heterocycles. The number of nitrogens with one attached hydrogen (secondary N) is 3. The van der Waals surface area contributed by atoms with Crippen molar-refractivity contribution in [3.8, 4) is 0 Å². The lowest BCUT2D eigenvalue weighted by Crippen LogP contribution is -2.36. The van der Waals surface area contributed by atoms with Crippen molar-refractivity contribution in [2.45, 2.75) is 45.7 Å². The number of alkyl halides is 3. The molecule has 2 aromatic rings. The highest BCUT2D eigenvalue weighted by molar-refractivity contribution is 5.91. The number of hydrogen-bond acceptors (Lipinski definition) is 7. The Labute approximate surface area is 177 Å². The molecule has 0 aliphatic carbocycles. The highest BCUT2D eigenvalue weighted by Crippen LogP contribution is 2.30. The van der Waals surface area contributed by atoms with Gasteiger partial charge in [0.05, 0.1) is 23.4 Å². The van der Waals surface area contributed by atoms with E-state index in [0.717, 1.165) is 49.3 Å². The van der Waals surface area contributed by atoms with Crippen LogP contribution in [0.3, 0.4) is 0 Å². The summed E-state index contributed by atoms with van der Waals surface area (Å²) in [7, 11) is 0. The van der Waals surface area contributed by atoms with Gasteiger partial charge >= 0.3 is 6.18 Å². The zero-order chi connectivity index (χ0) is 22.4. The second kappa shape index (κ2) is 9.73. The van der Waals surface area contributed by atoms with Crippen molar-refractivity contribution in [3.05, 3.63) is 58.8 Å². The number of pyridine rings is 1. The van der Waals surface area contributed by atoms with Crippen molar-refractivity contribution in [1.82, 2.24) is 31.2 Å². The molecule has 166 valence electrons. The van der Waals surface area contributed by atoms with Gasteiger partial charge in [-0.15, -0.1) is 10.6 Å². The Balaban J connectivity index is 1.46. The monoisotopic (exact) mass is 435 g/mol. The minimum atomic E-state index is -4.49. The number of nitrogens with zero attached hydrogens (tertiary/aromatic N) is 4. The number of aromatic nitrogens is 3. The summed E-state index contributed by atoms with van der Waals surface area (Å²) in [4.78, 5) is 16.2. The van der Waals surface area contributed by atoms with Gasteiger partial charge in [0, 0.05) is 24.1 Å². The molecule has 11 heteroatoms. The molecule has 0 bridgehead atoms. The second-order valence-corrected chi connectivity index (χ2v) is 7.32. The lowest BCUT2D eigenvalue weighted by molar-refractivity contribution is -0.137. The fourth-order valence-electron chi connectivity index (χ4n) is 3.07. The predicted molar refractivity (Wildman–Crippen MR) is 108 cm³/mol. The fourth-order valence-corrected chi connectivity index (χ4v) is 3.07. The molecule has 0 radical (unpaired) electrons. The Morgan fingerprint density at radius 1 is 1.13 bits per heavy atom. The summed E-state index contributed by atoms with van der Waals surface area (Å²) in [6.45, 7) is 4.28. The largest absolute Gasteiger partial charge is 0.416 e. The quantitative estimate of drug-likeness (QED) is 0.549. The van der Waals surface area contributed by atoms with Crippen LogP contribution in [0.1, 0.15) is 42.4 Å². The lowest BCUT2D eigenvalue weighted by atomic mass is 10.1. The van der Waals surface area contributed by atoms with E-state index in [0.29, 0.717) is 0 Å². The standard InChI is InChI=1S/C20H24F3N7O/c1-13-9-15(20(21,22)23)10-17(24-13)11-19(31)25-18-7-6-16(27-28-18)5-3-4-8-30-12-14(2)26-29-30/h6-7,9-10,12,26,29H,3-5,8,11H2,1-2H3,(H,25,28,31). The highest BCUT2D eigenvalue weighted by atomic mass is 19.4. The van der Waals surface area contributed by atoms with E-state index in [-0.39, 0.29) is 23.6 Å². The first-order valence-corrected chi connectivity index (χ1v) is 9.83. The Bertz CT molecular complexity index is 945. The summed E-state index contributed by atoms with van der Waals surface area (Å²) in [5.74, 6) is -0.270. The van der Waals surface area contributed by atoms with E-state index in [2.05, 4.69) is 31.5 Å². The average molecular weight is 435 g/mol. The van der Waals surface area contributed by atoms with Gasteiger partial charge in [-0.05, 0) is 57.4 Å². The molecule has 1 amide bonds. The van der Waals surface area contributed by atoms with Gasteiger partial charge in [0.2, 0.25) is 5.91 Å². The van der Waals surface area contributed by atoms with Crippen LogP contribution in [-0.2, 0) is 23.8 Å². The summed E-state index contributed by atoms with van der Waals surface area (Å²) in [6.07, 6.45) is -0.153. The van der Waals surface area contributed by atoms with Gasteiger partial charge in [-0.1, -0.05) is 0 Å². The lowest BCUT2D eigenvalue weighted by Gasteiger charge is -2.14. The van der Waals surface area contributed by atoms with Crippen molar-refractivity contribution >= 4 is 11.7 Å². The normalized spacial score (nSPS) is 13.7. The summed E-state index contributed by atoms with van der Waals surface area (Å²) in [5.41, 5.74) is 7.30. The molecule has 0 atom stereocenters. The first-order chi connectivity index (χ1) is 14.7. The van der Waals surface area contributed by atoms with Gasteiger partial charge in [-0.25, -0.2) is 0 Å². The maximum atomic E-state index is 12.9. The van der Waals surface area contributed by atoms with Crippen LogP contribution in [-0.4, -0.2) is 32.6 Å². The van der Waals surface area contributed by atoms with Crippen LogP contribution in [0.15, 0.2) is 36.2 Å². The van der Waals surface area contributed by atoms with Crippen molar-refractivity contribution < 1.29 is 18.0 Å². The van der Waals surface area contributed by atoms with Crippen molar-refractivity contribution in [2.24, 2.45) is 0 Å². The molecular formula is C20H24F3N7O. The molecule has 0 aromatic carbocycles. The zero-order valence-electron chi connectivity index (χ0n) is 17.3. The molecule has 0 saturated heterocycles.